The molecule has 1 heterocycles. The van der Waals surface area contributed by atoms with Crippen LogP contribution in [-0.2, 0) is 13.0 Å². The first-order valence-electron chi connectivity index (χ1n) is 8.44. The van der Waals surface area contributed by atoms with Crippen LogP contribution in [0.3, 0.4) is 0 Å². The Morgan fingerprint density at radius 3 is 2.58 bits per heavy atom. The van der Waals surface area contributed by atoms with Crippen molar-refractivity contribution in [2.75, 3.05) is 13.6 Å². The summed E-state index contributed by atoms with van der Waals surface area (Å²) < 4.78 is 5.40. The van der Waals surface area contributed by atoms with Gasteiger partial charge in [-0.1, -0.05) is 59.2 Å². The fourth-order valence-corrected chi connectivity index (χ4v) is 2.63. The van der Waals surface area contributed by atoms with Crippen molar-refractivity contribution in [2.24, 2.45) is 4.99 Å². The highest BCUT2D eigenvalue weighted by atomic mass is 35.5. The van der Waals surface area contributed by atoms with E-state index in [2.05, 4.69) is 20.8 Å². The maximum Gasteiger partial charge on any atom is 0.191 e. The number of rotatable bonds is 6. The van der Waals surface area contributed by atoms with Crippen LogP contribution in [0.1, 0.15) is 11.3 Å². The highest BCUT2D eigenvalue weighted by Gasteiger charge is 2.07. The average molecular weight is 369 g/mol. The molecule has 26 heavy (non-hydrogen) atoms. The van der Waals surface area contributed by atoms with Crippen molar-refractivity contribution >= 4 is 17.6 Å². The zero-order chi connectivity index (χ0) is 18.2. The highest BCUT2D eigenvalue weighted by molar-refractivity contribution is 6.30. The van der Waals surface area contributed by atoms with Gasteiger partial charge >= 0.3 is 0 Å². The molecule has 0 bridgehead atoms. The predicted molar refractivity (Wildman–Crippen MR) is 105 cm³/mol. The Morgan fingerprint density at radius 1 is 1.08 bits per heavy atom. The van der Waals surface area contributed by atoms with Gasteiger partial charge in [-0.2, -0.15) is 0 Å². The lowest BCUT2D eigenvalue weighted by Gasteiger charge is -2.10. The molecule has 0 spiro atoms. The number of nitrogens with zero attached hydrogens (tertiary/aromatic N) is 2. The van der Waals surface area contributed by atoms with E-state index in [1.54, 1.807) is 7.05 Å². The molecule has 0 aliphatic heterocycles. The minimum atomic E-state index is 0.539. The number of benzene rings is 2. The molecule has 0 aliphatic rings. The molecule has 0 saturated carbocycles. The molecule has 0 saturated heterocycles. The fourth-order valence-electron chi connectivity index (χ4n) is 2.50. The van der Waals surface area contributed by atoms with E-state index in [0.717, 1.165) is 41.0 Å². The van der Waals surface area contributed by atoms with E-state index >= 15 is 0 Å². The molecule has 3 rings (SSSR count). The summed E-state index contributed by atoms with van der Waals surface area (Å²) in [5.74, 6) is 1.48. The van der Waals surface area contributed by atoms with E-state index in [0.29, 0.717) is 6.54 Å². The van der Waals surface area contributed by atoms with Gasteiger partial charge in [-0.15, -0.1) is 0 Å². The van der Waals surface area contributed by atoms with E-state index in [-0.39, 0.29) is 0 Å². The number of hydrogen-bond acceptors (Lipinski definition) is 3. The van der Waals surface area contributed by atoms with Crippen molar-refractivity contribution < 1.29 is 4.52 Å². The Balaban J connectivity index is 1.47. The van der Waals surface area contributed by atoms with Gasteiger partial charge in [-0.3, -0.25) is 4.99 Å². The maximum atomic E-state index is 5.90. The molecule has 1 aromatic heterocycles. The number of nitrogens with one attached hydrogen (secondary N) is 2. The third kappa shape index (κ3) is 5.10. The molecule has 0 radical (unpaired) electrons. The van der Waals surface area contributed by atoms with Crippen LogP contribution in [0.25, 0.3) is 11.3 Å². The Hall–Kier alpha value is -2.79. The standard InChI is InChI=1S/C20H21ClN4O/c1-22-20(23-12-11-15-7-9-17(21)10-8-15)24-14-18-13-19(26-25-18)16-5-3-2-4-6-16/h2-10,13H,11-12,14H2,1H3,(H2,22,23,24). The van der Waals surface area contributed by atoms with Crippen molar-refractivity contribution in [3.63, 3.8) is 0 Å². The third-order valence-electron chi connectivity index (χ3n) is 3.90. The SMILES string of the molecule is CN=C(NCCc1ccc(Cl)cc1)NCc1cc(-c2ccccc2)on1. The van der Waals surface area contributed by atoms with Gasteiger partial charge in [-0.25, -0.2) is 0 Å². The summed E-state index contributed by atoms with van der Waals surface area (Å²) in [6.45, 7) is 1.31. The average Bonchev–Trinajstić information content (AvgIpc) is 3.16. The topological polar surface area (TPSA) is 62.5 Å². The largest absolute Gasteiger partial charge is 0.356 e. The first kappa shape index (κ1) is 18.0. The minimum absolute atomic E-state index is 0.539. The summed E-state index contributed by atoms with van der Waals surface area (Å²) in [6.07, 6.45) is 0.889. The van der Waals surface area contributed by atoms with E-state index in [4.69, 9.17) is 16.1 Å². The second kappa shape index (κ2) is 9.06. The molecule has 0 atom stereocenters. The molecule has 0 amide bonds. The van der Waals surface area contributed by atoms with Gasteiger partial charge in [0.1, 0.15) is 5.69 Å². The van der Waals surface area contributed by atoms with Crippen molar-refractivity contribution in [2.45, 2.75) is 13.0 Å². The molecule has 0 fully saturated rings. The van der Waals surface area contributed by atoms with Crippen LogP contribution in [-0.4, -0.2) is 24.7 Å². The van der Waals surface area contributed by atoms with Crippen LogP contribution < -0.4 is 10.6 Å². The first-order valence-corrected chi connectivity index (χ1v) is 8.82. The normalized spacial score (nSPS) is 11.4. The lowest BCUT2D eigenvalue weighted by atomic mass is 10.1. The van der Waals surface area contributed by atoms with E-state index in [1.165, 1.54) is 5.56 Å². The van der Waals surface area contributed by atoms with Crippen molar-refractivity contribution in [1.29, 1.82) is 0 Å². The summed E-state index contributed by atoms with van der Waals surface area (Å²) in [5.41, 5.74) is 3.06. The van der Waals surface area contributed by atoms with E-state index in [9.17, 15) is 0 Å². The zero-order valence-corrected chi connectivity index (χ0v) is 15.3. The zero-order valence-electron chi connectivity index (χ0n) is 14.6. The number of guanidine groups is 1. The molecule has 0 aliphatic carbocycles. The molecular formula is C20H21ClN4O. The molecule has 3 aromatic rings. The fraction of sp³-hybridized carbons (Fsp3) is 0.200. The van der Waals surface area contributed by atoms with Crippen LogP contribution in [0.4, 0.5) is 0 Å². The highest BCUT2D eigenvalue weighted by Crippen LogP contribution is 2.19. The van der Waals surface area contributed by atoms with E-state index < -0.39 is 0 Å². The molecule has 6 heteroatoms. The van der Waals surface area contributed by atoms with Crippen molar-refractivity contribution in [1.82, 2.24) is 15.8 Å². The Morgan fingerprint density at radius 2 is 1.85 bits per heavy atom. The van der Waals surface area contributed by atoms with Crippen LogP contribution >= 0.6 is 11.6 Å². The molecule has 5 nitrogen and oxygen atoms in total. The lowest BCUT2D eigenvalue weighted by Crippen LogP contribution is -2.37. The van der Waals surface area contributed by atoms with Crippen molar-refractivity contribution in [3.8, 4) is 11.3 Å². The minimum Gasteiger partial charge on any atom is -0.356 e. The molecule has 2 N–H and O–H groups in total. The first-order chi connectivity index (χ1) is 12.7. The molecule has 0 unspecified atom stereocenters. The van der Waals surface area contributed by atoms with Gasteiger partial charge in [0.2, 0.25) is 0 Å². The Kier molecular flexibility index (Phi) is 6.28. The molecule has 134 valence electrons. The number of aliphatic imine (C=N–C) groups is 1. The summed E-state index contributed by atoms with van der Waals surface area (Å²) in [5, 5.41) is 11.4. The van der Waals surface area contributed by atoms with Crippen molar-refractivity contribution in [3.05, 3.63) is 76.9 Å². The third-order valence-corrected chi connectivity index (χ3v) is 4.15. The summed E-state index contributed by atoms with van der Waals surface area (Å²) >= 11 is 5.90. The lowest BCUT2D eigenvalue weighted by molar-refractivity contribution is 0.422. The Labute approximate surface area is 158 Å². The maximum absolute atomic E-state index is 5.90. The van der Waals surface area contributed by atoms with E-state index in [1.807, 2.05) is 60.7 Å². The molecule has 2 aromatic carbocycles. The number of hydrogen-bond donors (Lipinski definition) is 2. The number of halogens is 1. The summed E-state index contributed by atoms with van der Waals surface area (Å²) in [4.78, 5) is 4.23. The van der Waals surface area contributed by atoms with Gasteiger partial charge in [0, 0.05) is 30.2 Å². The van der Waals surface area contributed by atoms with Crippen LogP contribution in [0.5, 0.6) is 0 Å². The van der Waals surface area contributed by atoms with Crippen LogP contribution in [0, 0.1) is 0 Å². The summed E-state index contributed by atoms with van der Waals surface area (Å²) in [6, 6.07) is 19.7. The monoisotopic (exact) mass is 368 g/mol. The molecular weight excluding hydrogens is 348 g/mol. The van der Waals surface area contributed by atoms with Gasteiger partial charge in [0.05, 0.1) is 6.54 Å². The van der Waals surface area contributed by atoms with Gasteiger partial charge < -0.3 is 15.2 Å². The quantitative estimate of drug-likeness (QED) is 0.511. The van der Waals surface area contributed by atoms with Gasteiger partial charge in [0.15, 0.2) is 11.7 Å². The van der Waals surface area contributed by atoms with Gasteiger partial charge in [0.25, 0.3) is 0 Å². The van der Waals surface area contributed by atoms with Crippen LogP contribution in [0.15, 0.2) is 70.2 Å². The second-order valence-corrected chi connectivity index (χ2v) is 6.21. The number of aromatic nitrogens is 1. The van der Waals surface area contributed by atoms with Crippen LogP contribution in [0.2, 0.25) is 5.02 Å². The second-order valence-electron chi connectivity index (χ2n) is 5.78. The Bertz CT molecular complexity index is 844. The van der Waals surface area contributed by atoms with Gasteiger partial charge in [-0.05, 0) is 24.1 Å². The smallest absolute Gasteiger partial charge is 0.191 e. The predicted octanol–water partition coefficient (Wildman–Crippen LogP) is 3.90. The summed E-state index contributed by atoms with van der Waals surface area (Å²) in [7, 11) is 1.75.